The van der Waals surface area contributed by atoms with Gasteiger partial charge in [0.2, 0.25) is 17.7 Å². The van der Waals surface area contributed by atoms with Gasteiger partial charge in [0, 0.05) is 78.3 Å². The molecule has 132 heavy (non-hydrogen) atoms. The summed E-state index contributed by atoms with van der Waals surface area (Å²) in [5, 5.41) is 57.3. The molecule has 0 saturated carbocycles. The van der Waals surface area contributed by atoms with Gasteiger partial charge in [0.05, 0.1) is 60.6 Å². The molecule has 0 bridgehead atoms. The number of hydrogen-bond acceptors (Lipinski definition) is 16. The smallest absolute Gasteiger partial charge is 0.267 e. The van der Waals surface area contributed by atoms with Gasteiger partial charge in [-0.2, -0.15) is 0 Å². The standard InChI is InChI=1S/C28H29BrN2O3.C28H29ClN2O3.C28H30N2O3.C22H25NO4.4CH4/c2*1-19(2)7-15-24-22(17-32)11-10-21(28(24)34-18-20-8-13-23(29)14-9-20)12-16-27(33)31-26-6-4-3-5-25(26)30;1-20(2)12-16-24-23(18-31)14-13-22(28(24)33-19-21-8-4-3-5-9-21)15-17-27(32)30-26-11-7-6-10-25(26)29;1-16(2)8-12-20-19(14-24)10-9-18(11-13-21(25)23-26)22(20)27-15-17-6-4-3-5-7-17;;;;/h2*3-14,16,32H,15,17-18,30H2,1-2H3,(H,31,33);3-15,17,31H,16,18-19,29H2,1-2H3,(H,30,32);3-11,13,24,26H,12,14-15H2,1-2H3,(H,23,25);4*1H4/b2*16-12+;17-15+;13-11+;;;;. The van der Waals surface area contributed by atoms with Gasteiger partial charge in [-0.05, 0) is 211 Å². The topological polar surface area (TPSA) is 333 Å². The largest absolute Gasteiger partial charge is 0.488 e. The molecule has 22 heteroatoms. The first-order chi connectivity index (χ1) is 61.8. The minimum Gasteiger partial charge on any atom is -0.488 e. The lowest BCUT2D eigenvalue weighted by Gasteiger charge is -2.17. The maximum absolute atomic E-state index is 12.5. The van der Waals surface area contributed by atoms with E-state index in [1.54, 1.807) is 72.2 Å². The van der Waals surface area contributed by atoms with Crippen molar-refractivity contribution < 1.29 is 63.8 Å². The lowest BCUT2D eigenvalue weighted by Crippen LogP contribution is -2.14. The SMILES string of the molecule is C.C.C.C.CC(C)=CCc1c(CO)ccc(/C=C/C(=O)NO)c1OCc1ccccc1.CC(C)=CCc1c(CO)ccc(/C=C/C(=O)Nc2ccccc2N)c1OCc1ccc(Br)cc1.CC(C)=CCc1c(CO)ccc(/C=C/C(=O)Nc2ccccc2N)c1OCc1ccc(Cl)cc1.CC(C)=CCc1c(CO)ccc(/C=C/C(=O)Nc2ccccc2N)c1OCc1ccccc1. The number of hydroxylamine groups is 1. The van der Waals surface area contributed by atoms with E-state index in [0.717, 1.165) is 99.1 Å². The van der Waals surface area contributed by atoms with Crippen LogP contribution in [0, 0.1) is 0 Å². The molecular formula is C110H129BrClN7O13. The first kappa shape index (κ1) is 111. The van der Waals surface area contributed by atoms with Crippen LogP contribution in [0.5, 0.6) is 23.0 Å². The molecule has 0 aliphatic carbocycles. The molecule has 11 rings (SSSR count). The summed E-state index contributed by atoms with van der Waals surface area (Å²) in [6.45, 7) is 17.2. The average molecular weight is 1870 g/mol. The van der Waals surface area contributed by atoms with E-state index in [-0.39, 0.29) is 73.9 Å². The van der Waals surface area contributed by atoms with Crippen molar-refractivity contribution in [2.24, 2.45) is 0 Å². The Morgan fingerprint density at radius 3 is 0.803 bits per heavy atom. The molecule has 0 saturated heterocycles. The summed E-state index contributed by atoms with van der Waals surface area (Å²) in [4.78, 5) is 48.9. The van der Waals surface area contributed by atoms with Crippen molar-refractivity contribution >= 4 is 110 Å². The maximum Gasteiger partial charge on any atom is 0.267 e. The molecule has 0 aliphatic heterocycles. The number of anilines is 6. The van der Waals surface area contributed by atoms with Crippen molar-refractivity contribution in [1.29, 1.82) is 0 Å². The lowest BCUT2D eigenvalue weighted by molar-refractivity contribution is -0.124. The highest BCUT2D eigenvalue weighted by molar-refractivity contribution is 9.10. The van der Waals surface area contributed by atoms with Crippen LogP contribution >= 0.6 is 27.5 Å². The van der Waals surface area contributed by atoms with Gasteiger partial charge in [0.15, 0.2) is 0 Å². The molecular weight excluding hydrogens is 1740 g/mol. The number of amides is 4. The molecule has 696 valence electrons. The van der Waals surface area contributed by atoms with E-state index in [0.29, 0.717) is 120 Å². The summed E-state index contributed by atoms with van der Waals surface area (Å²) >= 11 is 9.45. The fraction of sp³-hybridized carbons (Fsp3) is 0.218. The van der Waals surface area contributed by atoms with Gasteiger partial charge in [-0.15, -0.1) is 0 Å². The van der Waals surface area contributed by atoms with Crippen LogP contribution in [0.3, 0.4) is 0 Å². The number of carbonyl (C=O) groups is 4. The van der Waals surface area contributed by atoms with Crippen molar-refractivity contribution in [2.45, 2.75) is 164 Å². The molecule has 0 unspecified atom stereocenters. The third-order valence-electron chi connectivity index (χ3n) is 19.6. The van der Waals surface area contributed by atoms with E-state index in [2.05, 4.69) is 56.2 Å². The number of aliphatic hydroxyl groups is 4. The Morgan fingerprint density at radius 1 is 0.326 bits per heavy atom. The third-order valence-corrected chi connectivity index (χ3v) is 20.3. The van der Waals surface area contributed by atoms with Crippen molar-refractivity contribution in [2.75, 3.05) is 33.2 Å². The molecule has 0 spiro atoms. The summed E-state index contributed by atoms with van der Waals surface area (Å²) in [6, 6.07) is 71.1. The molecule has 0 atom stereocenters. The second-order valence-corrected chi connectivity index (χ2v) is 31.8. The molecule has 0 aliphatic rings. The number of rotatable bonds is 35. The van der Waals surface area contributed by atoms with Crippen LogP contribution in [0.4, 0.5) is 34.1 Å². The Hall–Kier alpha value is -13.6. The van der Waals surface area contributed by atoms with Crippen LogP contribution in [-0.4, -0.2) is 49.3 Å². The predicted molar refractivity (Wildman–Crippen MR) is 549 cm³/mol. The first-order valence-electron chi connectivity index (χ1n) is 41.5. The molecule has 4 amide bonds. The molecule has 0 heterocycles. The number of aliphatic hydroxyl groups excluding tert-OH is 4. The highest BCUT2D eigenvalue weighted by Gasteiger charge is 2.20. The minimum absolute atomic E-state index is 0. The van der Waals surface area contributed by atoms with Gasteiger partial charge < -0.3 is 72.5 Å². The number of nitrogens with one attached hydrogen (secondary N) is 4. The fourth-order valence-electron chi connectivity index (χ4n) is 12.7. The molecule has 20 nitrogen and oxygen atoms in total. The highest BCUT2D eigenvalue weighted by atomic mass is 79.9. The van der Waals surface area contributed by atoms with Gasteiger partial charge in [-0.25, -0.2) is 5.48 Å². The average Bonchev–Trinajstić information content (AvgIpc) is 0.824. The zero-order chi connectivity index (χ0) is 92.3. The summed E-state index contributed by atoms with van der Waals surface area (Å²) in [5.41, 5.74) is 40.8. The normalized spacial score (nSPS) is 10.4. The van der Waals surface area contributed by atoms with E-state index in [9.17, 15) is 39.6 Å². The van der Waals surface area contributed by atoms with E-state index in [1.807, 2.05) is 243 Å². The van der Waals surface area contributed by atoms with E-state index in [1.165, 1.54) is 35.5 Å². The van der Waals surface area contributed by atoms with Crippen LogP contribution in [0.2, 0.25) is 5.02 Å². The van der Waals surface area contributed by atoms with Gasteiger partial charge in [0.25, 0.3) is 5.91 Å². The zero-order valence-corrected chi connectivity index (χ0v) is 75.7. The number of ether oxygens (including phenoxy) is 4. The second kappa shape index (κ2) is 58.8. The number of nitrogens with two attached hydrogens (primary N) is 3. The quantitative estimate of drug-likeness (QED) is 0.00577. The fourth-order valence-corrected chi connectivity index (χ4v) is 13.0. The maximum atomic E-state index is 12.5. The number of para-hydroxylation sites is 6. The van der Waals surface area contributed by atoms with E-state index >= 15 is 0 Å². The molecule has 0 radical (unpaired) electrons. The summed E-state index contributed by atoms with van der Waals surface area (Å²) in [7, 11) is 0. The third kappa shape index (κ3) is 36.7. The van der Waals surface area contributed by atoms with Gasteiger partial charge >= 0.3 is 0 Å². The van der Waals surface area contributed by atoms with Crippen molar-refractivity contribution in [3.63, 3.8) is 0 Å². The van der Waals surface area contributed by atoms with Crippen molar-refractivity contribution in [3.05, 3.63) is 400 Å². The van der Waals surface area contributed by atoms with Crippen molar-refractivity contribution in [3.8, 4) is 23.0 Å². The Balaban J connectivity index is 0.000000366. The van der Waals surface area contributed by atoms with Gasteiger partial charge in [-0.3, -0.25) is 24.4 Å². The number of benzene rings is 11. The van der Waals surface area contributed by atoms with Crippen LogP contribution in [0.25, 0.3) is 24.3 Å². The van der Waals surface area contributed by atoms with Gasteiger partial charge in [-0.1, -0.05) is 274 Å². The van der Waals surface area contributed by atoms with Crippen LogP contribution < -0.4 is 57.6 Å². The lowest BCUT2D eigenvalue weighted by atomic mass is 9.98. The molecule has 11 aromatic carbocycles. The number of allylic oxidation sites excluding steroid dienone is 8. The molecule has 0 fully saturated rings. The predicted octanol–water partition coefficient (Wildman–Crippen LogP) is 24.2. The Morgan fingerprint density at radius 2 is 0.561 bits per heavy atom. The summed E-state index contributed by atoms with van der Waals surface area (Å²) in [6.07, 6.45) is 23.1. The zero-order valence-electron chi connectivity index (χ0n) is 73.3. The molecule has 15 N–H and O–H groups in total. The molecule has 11 aromatic rings. The number of hydrogen-bond donors (Lipinski definition) is 12. The first-order valence-corrected chi connectivity index (χ1v) is 42.7. The minimum atomic E-state index is -0.624. The number of nitrogen functional groups attached to an aromatic ring is 3. The van der Waals surface area contributed by atoms with Crippen LogP contribution in [-0.2, 0) is 97.7 Å². The second-order valence-electron chi connectivity index (χ2n) is 30.5. The Labute approximate surface area is 793 Å². The Kier molecular flexibility index (Phi) is 49.4. The Bertz CT molecular complexity index is 5580. The van der Waals surface area contributed by atoms with Crippen LogP contribution in [0.15, 0.2) is 306 Å². The van der Waals surface area contributed by atoms with Crippen LogP contribution in [0.1, 0.15) is 174 Å². The number of carbonyl (C=O) groups excluding carboxylic acids is 4. The summed E-state index contributed by atoms with van der Waals surface area (Å²) in [5.74, 6) is 1.03. The van der Waals surface area contributed by atoms with Gasteiger partial charge in [0.1, 0.15) is 49.4 Å². The van der Waals surface area contributed by atoms with E-state index < -0.39 is 5.91 Å². The van der Waals surface area contributed by atoms with Crippen molar-refractivity contribution in [1.82, 2.24) is 5.48 Å². The highest BCUT2D eigenvalue weighted by Crippen LogP contribution is 2.37. The number of halogens is 2. The van der Waals surface area contributed by atoms with E-state index in [4.69, 9.17) is 53.0 Å². The monoisotopic (exact) mass is 1870 g/mol. The molecule has 0 aromatic heterocycles. The summed E-state index contributed by atoms with van der Waals surface area (Å²) < 4.78 is 25.9.